The molecular formula is C29H33N7O2. The van der Waals surface area contributed by atoms with Crippen LogP contribution in [0.15, 0.2) is 53.3 Å². The molecule has 1 aliphatic rings. The number of rotatable bonds is 6. The Morgan fingerprint density at radius 3 is 2.63 bits per heavy atom. The molecule has 5 aromatic rings. The first kappa shape index (κ1) is 24.4. The molecule has 38 heavy (non-hydrogen) atoms. The lowest BCUT2D eigenvalue weighted by Crippen LogP contribution is -2.46. The molecule has 5 heterocycles. The van der Waals surface area contributed by atoms with E-state index in [0.717, 1.165) is 59.3 Å². The third-order valence-corrected chi connectivity index (χ3v) is 7.55. The van der Waals surface area contributed by atoms with E-state index in [9.17, 15) is 4.79 Å². The number of H-pyrrole nitrogens is 1. The van der Waals surface area contributed by atoms with Gasteiger partial charge in [0, 0.05) is 65.8 Å². The third-order valence-electron chi connectivity index (χ3n) is 7.55. The fourth-order valence-corrected chi connectivity index (χ4v) is 5.48. The van der Waals surface area contributed by atoms with Gasteiger partial charge >= 0.3 is 11.8 Å². The van der Waals surface area contributed by atoms with Crippen molar-refractivity contribution in [1.82, 2.24) is 34.8 Å². The Morgan fingerprint density at radius 1 is 1.08 bits per heavy atom. The summed E-state index contributed by atoms with van der Waals surface area (Å²) in [6.07, 6.45) is 7.68. The lowest BCUT2D eigenvalue weighted by Gasteiger charge is -2.34. The highest BCUT2D eigenvalue weighted by atomic mass is 16.4. The van der Waals surface area contributed by atoms with Gasteiger partial charge in [0.1, 0.15) is 5.65 Å². The highest BCUT2D eigenvalue weighted by molar-refractivity contribution is 5.94. The summed E-state index contributed by atoms with van der Waals surface area (Å²) in [6.45, 7) is 10.7. The van der Waals surface area contributed by atoms with Gasteiger partial charge in [-0.05, 0) is 68.5 Å². The summed E-state index contributed by atoms with van der Waals surface area (Å²) < 4.78 is 7.87. The number of aromatic nitrogens is 5. The number of aromatic amines is 1. The van der Waals surface area contributed by atoms with Crippen LogP contribution < -0.4 is 5.32 Å². The highest BCUT2D eigenvalue weighted by Gasteiger charge is 2.25. The molecule has 0 radical (unpaired) electrons. The number of carbonyl (C=O) groups is 1. The minimum Gasteiger partial charge on any atom is -0.412 e. The molecule has 1 aromatic carbocycles. The first-order chi connectivity index (χ1) is 18.4. The maximum atomic E-state index is 12.8. The van der Waals surface area contributed by atoms with E-state index < -0.39 is 0 Å². The van der Waals surface area contributed by atoms with Crippen LogP contribution in [0.3, 0.4) is 0 Å². The molecule has 196 valence electrons. The van der Waals surface area contributed by atoms with Crippen LogP contribution >= 0.6 is 0 Å². The van der Waals surface area contributed by atoms with Crippen molar-refractivity contribution in [2.45, 2.75) is 58.5 Å². The molecule has 9 nitrogen and oxygen atoms in total. The summed E-state index contributed by atoms with van der Waals surface area (Å²) in [4.78, 5) is 23.2. The number of nitrogens with zero attached hydrogens (tertiary/aromatic N) is 5. The van der Waals surface area contributed by atoms with Crippen LogP contribution in [0.4, 0.5) is 0 Å². The average Bonchev–Trinajstić information content (AvgIpc) is 3.66. The van der Waals surface area contributed by atoms with Crippen molar-refractivity contribution in [1.29, 1.82) is 0 Å². The Bertz CT molecular complexity index is 1600. The average molecular weight is 512 g/mol. The number of hydrogen-bond donors (Lipinski definition) is 2. The first-order valence-corrected chi connectivity index (χ1v) is 13.3. The minimum absolute atomic E-state index is 0.00105. The first-order valence-electron chi connectivity index (χ1n) is 13.3. The maximum absolute atomic E-state index is 12.8. The number of carbonyl (C=O) groups excluding carboxylic acids is 1. The molecule has 4 aromatic heterocycles. The Hall–Kier alpha value is -3.98. The van der Waals surface area contributed by atoms with Crippen molar-refractivity contribution >= 4 is 22.5 Å². The lowest BCUT2D eigenvalue weighted by molar-refractivity contribution is 0.0867. The molecular weight excluding hydrogens is 478 g/mol. The van der Waals surface area contributed by atoms with Crippen molar-refractivity contribution in [3.8, 4) is 22.7 Å². The largest absolute Gasteiger partial charge is 0.412 e. The van der Waals surface area contributed by atoms with Gasteiger partial charge in [0.05, 0.1) is 5.69 Å². The standard InChI is InChI=1S/C29H33N7O2/c1-17(2)25-22-15-19(5-7-23(22)32-26(25)20-6-8-24-30-11-14-36(24)16-20)28-33-34-29(38-28)27(37)31-21-9-12-35(13-10-21)18(3)4/h5-8,11,14-18,21,32H,9-10,12-13H2,1-4H3,(H,31,37). The highest BCUT2D eigenvalue weighted by Crippen LogP contribution is 2.37. The fraction of sp³-hybridized carbons (Fsp3) is 0.379. The number of amides is 1. The predicted molar refractivity (Wildman–Crippen MR) is 147 cm³/mol. The summed E-state index contributed by atoms with van der Waals surface area (Å²) in [7, 11) is 0. The molecule has 0 saturated carbocycles. The van der Waals surface area contributed by atoms with Gasteiger partial charge in [0.2, 0.25) is 5.89 Å². The Labute approximate surface area is 221 Å². The number of fused-ring (bicyclic) bond motifs is 2. The van der Waals surface area contributed by atoms with Crippen molar-refractivity contribution in [3.05, 3.63) is 60.4 Å². The quantitative estimate of drug-likeness (QED) is 0.322. The predicted octanol–water partition coefficient (Wildman–Crippen LogP) is 5.26. The topological polar surface area (TPSA) is 104 Å². The maximum Gasteiger partial charge on any atom is 0.309 e. The van der Waals surface area contributed by atoms with E-state index in [1.807, 2.05) is 28.8 Å². The summed E-state index contributed by atoms with van der Waals surface area (Å²) >= 11 is 0. The van der Waals surface area contributed by atoms with Crippen LogP contribution in [-0.4, -0.2) is 60.5 Å². The molecule has 0 unspecified atom stereocenters. The van der Waals surface area contributed by atoms with E-state index in [-0.39, 0.29) is 23.8 Å². The van der Waals surface area contributed by atoms with E-state index in [1.54, 1.807) is 6.20 Å². The Balaban J connectivity index is 1.26. The minimum atomic E-state index is -0.311. The zero-order valence-electron chi connectivity index (χ0n) is 22.2. The number of hydrogen-bond acceptors (Lipinski definition) is 6. The zero-order valence-corrected chi connectivity index (χ0v) is 22.2. The van der Waals surface area contributed by atoms with Gasteiger partial charge < -0.3 is 24.0 Å². The smallest absolute Gasteiger partial charge is 0.309 e. The van der Waals surface area contributed by atoms with Crippen molar-refractivity contribution in [2.24, 2.45) is 0 Å². The second-order valence-corrected chi connectivity index (χ2v) is 10.7. The van der Waals surface area contributed by atoms with Gasteiger partial charge in [-0.2, -0.15) is 0 Å². The van der Waals surface area contributed by atoms with Crippen LogP contribution in [0.5, 0.6) is 0 Å². The number of nitrogens with one attached hydrogen (secondary N) is 2. The van der Waals surface area contributed by atoms with Crippen LogP contribution in [0.1, 0.15) is 62.7 Å². The van der Waals surface area contributed by atoms with Crippen molar-refractivity contribution in [3.63, 3.8) is 0 Å². The number of benzene rings is 1. The van der Waals surface area contributed by atoms with Crippen LogP contribution in [0.25, 0.3) is 39.3 Å². The molecule has 2 N–H and O–H groups in total. The van der Waals surface area contributed by atoms with E-state index in [1.165, 1.54) is 5.56 Å². The van der Waals surface area contributed by atoms with Crippen molar-refractivity contribution in [2.75, 3.05) is 13.1 Å². The zero-order chi connectivity index (χ0) is 26.4. The molecule has 9 heteroatoms. The molecule has 0 aliphatic carbocycles. The van der Waals surface area contributed by atoms with Gasteiger partial charge in [-0.1, -0.05) is 13.8 Å². The van der Waals surface area contributed by atoms with Gasteiger partial charge in [-0.15, -0.1) is 10.2 Å². The number of imidazole rings is 1. The molecule has 1 fully saturated rings. The number of likely N-dealkylation sites (tertiary alicyclic amines) is 1. The molecule has 1 aliphatic heterocycles. The summed E-state index contributed by atoms with van der Waals surface area (Å²) in [5.74, 6) is 0.302. The van der Waals surface area contributed by atoms with E-state index in [0.29, 0.717) is 11.9 Å². The molecule has 6 rings (SSSR count). The Morgan fingerprint density at radius 2 is 1.87 bits per heavy atom. The van der Waals surface area contributed by atoms with Crippen molar-refractivity contribution < 1.29 is 9.21 Å². The van der Waals surface area contributed by atoms with Crippen LogP contribution in [0, 0.1) is 0 Å². The number of pyridine rings is 1. The molecule has 1 amide bonds. The lowest BCUT2D eigenvalue weighted by atomic mass is 9.96. The SMILES string of the molecule is CC(C)c1c(-c2ccc3nccn3c2)[nH]c2ccc(-c3nnc(C(=O)NC4CCN(C(C)C)CC4)o3)cc12. The summed E-state index contributed by atoms with van der Waals surface area (Å²) in [5, 5.41) is 12.4. The second-order valence-electron chi connectivity index (χ2n) is 10.7. The fourth-order valence-electron chi connectivity index (χ4n) is 5.48. The monoisotopic (exact) mass is 511 g/mol. The third kappa shape index (κ3) is 4.47. The van der Waals surface area contributed by atoms with Gasteiger partial charge in [-0.25, -0.2) is 4.98 Å². The van der Waals surface area contributed by atoms with Gasteiger partial charge in [-0.3, -0.25) is 4.79 Å². The molecule has 1 saturated heterocycles. The van der Waals surface area contributed by atoms with E-state index in [4.69, 9.17) is 4.42 Å². The van der Waals surface area contributed by atoms with Crippen LogP contribution in [0.2, 0.25) is 0 Å². The van der Waals surface area contributed by atoms with Gasteiger partial charge in [0.25, 0.3) is 0 Å². The van der Waals surface area contributed by atoms with E-state index >= 15 is 0 Å². The van der Waals surface area contributed by atoms with E-state index in [2.05, 4.69) is 76.4 Å². The van der Waals surface area contributed by atoms with Crippen LogP contribution in [-0.2, 0) is 0 Å². The summed E-state index contributed by atoms with van der Waals surface area (Å²) in [5.41, 5.74) is 6.11. The molecule has 0 bridgehead atoms. The Kier molecular flexibility index (Phi) is 6.23. The molecule has 0 spiro atoms. The summed E-state index contributed by atoms with van der Waals surface area (Å²) in [6, 6.07) is 10.8. The normalized spacial score (nSPS) is 15.3. The molecule has 0 atom stereocenters. The second kappa shape index (κ2) is 9.72. The number of piperidine rings is 1. The van der Waals surface area contributed by atoms with Gasteiger partial charge in [0.15, 0.2) is 0 Å².